The number of thiophene rings is 1. The summed E-state index contributed by atoms with van der Waals surface area (Å²) in [4.78, 5) is 25.2. The number of carbonyl (C=O) groups is 2. The Morgan fingerprint density at radius 1 is 1.12 bits per heavy atom. The minimum Gasteiger partial charge on any atom is -0.454 e. The van der Waals surface area contributed by atoms with Gasteiger partial charge >= 0.3 is 5.97 Å². The lowest BCUT2D eigenvalue weighted by Crippen LogP contribution is -2.14. The molecule has 0 aliphatic heterocycles. The summed E-state index contributed by atoms with van der Waals surface area (Å²) >= 11 is 7.41. The molecule has 1 aromatic heterocycles. The summed E-state index contributed by atoms with van der Waals surface area (Å²) in [5, 5.41) is 1.59. The zero-order valence-electron chi connectivity index (χ0n) is 13.3. The number of benzene rings is 2. The molecule has 0 aliphatic rings. The topological polar surface area (TPSA) is 43.4 Å². The molecule has 0 spiro atoms. The van der Waals surface area contributed by atoms with Crippen molar-refractivity contribution >= 4 is 44.8 Å². The SMILES string of the molecule is Cc1ccccc1C(=O)OCC(=O)c1sc2ccc(Cl)cc2c1C. The van der Waals surface area contributed by atoms with Crippen LogP contribution in [0.1, 0.15) is 31.2 Å². The second-order valence-corrected chi connectivity index (χ2v) is 7.00. The van der Waals surface area contributed by atoms with E-state index < -0.39 is 5.97 Å². The van der Waals surface area contributed by atoms with Crippen molar-refractivity contribution in [3.8, 4) is 0 Å². The van der Waals surface area contributed by atoms with E-state index in [-0.39, 0.29) is 12.4 Å². The van der Waals surface area contributed by atoms with Gasteiger partial charge in [0.2, 0.25) is 5.78 Å². The Bertz CT molecular complexity index is 943. The van der Waals surface area contributed by atoms with Crippen LogP contribution < -0.4 is 0 Å². The predicted octanol–water partition coefficient (Wildman–Crippen LogP) is 5.21. The van der Waals surface area contributed by atoms with Crippen LogP contribution in [0.5, 0.6) is 0 Å². The van der Waals surface area contributed by atoms with Crippen molar-refractivity contribution < 1.29 is 14.3 Å². The maximum atomic E-state index is 12.4. The molecule has 3 rings (SSSR count). The number of esters is 1. The average Bonchev–Trinajstić information content (AvgIpc) is 2.89. The smallest absolute Gasteiger partial charge is 0.338 e. The molecule has 0 N–H and O–H groups in total. The summed E-state index contributed by atoms with van der Waals surface area (Å²) in [6.45, 7) is 3.44. The molecule has 0 unspecified atom stereocenters. The van der Waals surface area contributed by atoms with E-state index in [1.165, 1.54) is 11.3 Å². The van der Waals surface area contributed by atoms with E-state index in [9.17, 15) is 9.59 Å². The van der Waals surface area contributed by atoms with Crippen LogP contribution >= 0.6 is 22.9 Å². The Hall–Kier alpha value is -2.17. The Balaban J connectivity index is 1.77. The van der Waals surface area contributed by atoms with Crippen LogP contribution in [0, 0.1) is 13.8 Å². The quantitative estimate of drug-likeness (QED) is 0.475. The first-order valence-corrected chi connectivity index (χ1v) is 8.61. The number of aryl methyl sites for hydroxylation is 2. The van der Waals surface area contributed by atoms with E-state index in [4.69, 9.17) is 16.3 Å². The highest BCUT2D eigenvalue weighted by atomic mass is 35.5. The summed E-state index contributed by atoms with van der Waals surface area (Å²) in [5.41, 5.74) is 2.17. The fraction of sp³-hybridized carbons (Fsp3) is 0.158. The third-order valence-electron chi connectivity index (χ3n) is 3.85. The highest BCUT2D eigenvalue weighted by Crippen LogP contribution is 2.33. The first kappa shape index (κ1) is 16.7. The van der Waals surface area contributed by atoms with Crippen LogP contribution in [0.3, 0.4) is 0 Å². The van der Waals surface area contributed by atoms with Crippen LogP contribution in [0.4, 0.5) is 0 Å². The Kier molecular flexibility index (Phi) is 4.69. The second kappa shape index (κ2) is 6.75. The Morgan fingerprint density at radius 2 is 1.88 bits per heavy atom. The molecule has 3 nitrogen and oxygen atoms in total. The summed E-state index contributed by atoms with van der Waals surface area (Å²) < 4.78 is 6.18. The molecule has 24 heavy (non-hydrogen) atoms. The van der Waals surface area contributed by atoms with Gasteiger partial charge < -0.3 is 4.74 Å². The predicted molar refractivity (Wildman–Crippen MR) is 97.4 cm³/mol. The van der Waals surface area contributed by atoms with Gasteiger partial charge in [-0.1, -0.05) is 29.8 Å². The zero-order chi connectivity index (χ0) is 17.3. The summed E-state index contributed by atoms with van der Waals surface area (Å²) in [7, 11) is 0. The lowest BCUT2D eigenvalue weighted by molar-refractivity contribution is 0.0475. The van der Waals surface area contributed by atoms with Crippen molar-refractivity contribution in [2.45, 2.75) is 13.8 Å². The van der Waals surface area contributed by atoms with E-state index in [0.717, 1.165) is 21.2 Å². The second-order valence-electron chi connectivity index (χ2n) is 5.51. The monoisotopic (exact) mass is 358 g/mol. The average molecular weight is 359 g/mol. The summed E-state index contributed by atoms with van der Waals surface area (Å²) in [6.07, 6.45) is 0. The summed E-state index contributed by atoms with van der Waals surface area (Å²) in [6, 6.07) is 12.7. The number of halogens is 1. The third kappa shape index (κ3) is 3.21. The van der Waals surface area contributed by atoms with Crippen LogP contribution in [-0.4, -0.2) is 18.4 Å². The van der Waals surface area contributed by atoms with E-state index in [0.29, 0.717) is 15.5 Å². The van der Waals surface area contributed by atoms with Crippen molar-refractivity contribution in [3.63, 3.8) is 0 Å². The Morgan fingerprint density at radius 3 is 2.62 bits per heavy atom. The zero-order valence-corrected chi connectivity index (χ0v) is 14.8. The summed E-state index contributed by atoms with van der Waals surface area (Å²) in [5.74, 6) is -0.685. The molecule has 5 heteroatoms. The molecule has 0 bridgehead atoms. The number of rotatable bonds is 4. The van der Waals surface area contributed by atoms with Gasteiger partial charge in [0.25, 0.3) is 0 Å². The van der Waals surface area contributed by atoms with E-state index >= 15 is 0 Å². The molecule has 0 radical (unpaired) electrons. The molecule has 2 aromatic carbocycles. The molecular formula is C19H15ClO3S. The van der Waals surface area contributed by atoms with Gasteiger partial charge in [0.1, 0.15) is 0 Å². The fourth-order valence-electron chi connectivity index (χ4n) is 2.54. The van der Waals surface area contributed by atoms with Gasteiger partial charge in [-0.05, 0) is 54.6 Å². The van der Waals surface area contributed by atoms with Crippen LogP contribution in [0.2, 0.25) is 5.02 Å². The number of hydrogen-bond acceptors (Lipinski definition) is 4. The highest BCUT2D eigenvalue weighted by molar-refractivity contribution is 7.21. The minimum atomic E-state index is -0.483. The van der Waals surface area contributed by atoms with Gasteiger partial charge in [-0.15, -0.1) is 11.3 Å². The lowest BCUT2D eigenvalue weighted by Gasteiger charge is -2.06. The van der Waals surface area contributed by atoms with E-state index in [1.807, 2.05) is 38.1 Å². The standard InChI is InChI=1S/C19H15ClO3S/c1-11-5-3-4-6-14(11)19(22)23-10-16(21)18-12(2)15-9-13(20)7-8-17(15)24-18/h3-9H,10H2,1-2H3. The highest BCUT2D eigenvalue weighted by Gasteiger charge is 2.18. The maximum absolute atomic E-state index is 12.4. The van der Waals surface area contributed by atoms with Gasteiger partial charge in [0.15, 0.2) is 6.61 Å². The van der Waals surface area contributed by atoms with E-state index in [2.05, 4.69) is 0 Å². The molecule has 0 saturated heterocycles. The van der Waals surface area contributed by atoms with Crippen molar-refractivity contribution in [3.05, 3.63) is 69.1 Å². The number of Topliss-reactive ketones (excluding diaryl/α,β-unsaturated/α-hetero) is 1. The van der Waals surface area contributed by atoms with E-state index in [1.54, 1.807) is 18.2 Å². The molecule has 0 saturated carbocycles. The molecule has 0 amide bonds. The van der Waals surface area contributed by atoms with Crippen molar-refractivity contribution in [1.29, 1.82) is 0 Å². The van der Waals surface area contributed by atoms with Crippen LogP contribution in [0.15, 0.2) is 42.5 Å². The van der Waals surface area contributed by atoms with Gasteiger partial charge in [-0.2, -0.15) is 0 Å². The normalized spacial score (nSPS) is 10.8. The fourth-order valence-corrected chi connectivity index (χ4v) is 3.82. The molecular weight excluding hydrogens is 344 g/mol. The first-order chi connectivity index (χ1) is 11.5. The molecule has 0 atom stereocenters. The number of fused-ring (bicyclic) bond motifs is 1. The van der Waals surface area contributed by atoms with Gasteiger partial charge in [-0.25, -0.2) is 4.79 Å². The number of ether oxygens (including phenoxy) is 1. The largest absolute Gasteiger partial charge is 0.454 e. The molecule has 1 heterocycles. The van der Waals surface area contributed by atoms with Crippen molar-refractivity contribution in [2.75, 3.05) is 6.61 Å². The lowest BCUT2D eigenvalue weighted by atomic mass is 10.1. The molecule has 3 aromatic rings. The van der Waals surface area contributed by atoms with Gasteiger partial charge in [0, 0.05) is 9.72 Å². The first-order valence-electron chi connectivity index (χ1n) is 7.42. The minimum absolute atomic E-state index is 0.202. The van der Waals surface area contributed by atoms with Crippen molar-refractivity contribution in [1.82, 2.24) is 0 Å². The number of ketones is 1. The van der Waals surface area contributed by atoms with Gasteiger partial charge in [0.05, 0.1) is 10.4 Å². The Labute approximate surface area is 148 Å². The molecule has 0 aliphatic carbocycles. The molecule has 0 fully saturated rings. The maximum Gasteiger partial charge on any atom is 0.338 e. The third-order valence-corrected chi connectivity index (χ3v) is 5.40. The number of hydrogen-bond donors (Lipinski definition) is 0. The van der Waals surface area contributed by atoms with Gasteiger partial charge in [-0.3, -0.25) is 4.79 Å². The van der Waals surface area contributed by atoms with Crippen molar-refractivity contribution in [2.24, 2.45) is 0 Å². The van der Waals surface area contributed by atoms with Crippen LogP contribution in [0.25, 0.3) is 10.1 Å². The number of carbonyl (C=O) groups excluding carboxylic acids is 2. The molecule has 122 valence electrons. The van der Waals surface area contributed by atoms with Crippen LogP contribution in [-0.2, 0) is 4.74 Å².